The second-order valence-electron chi connectivity index (χ2n) is 6.36. The van der Waals surface area contributed by atoms with Crippen LogP contribution < -0.4 is 5.32 Å². The highest BCUT2D eigenvalue weighted by atomic mass is 79.9. The van der Waals surface area contributed by atoms with Gasteiger partial charge in [0.05, 0.1) is 15.9 Å². The molecule has 1 aromatic rings. The van der Waals surface area contributed by atoms with E-state index < -0.39 is 11.4 Å². The van der Waals surface area contributed by atoms with E-state index in [4.69, 9.17) is 0 Å². The fourth-order valence-corrected chi connectivity index (χ4v) is 3.89. The average molecular weight is 383 g/mol. The highest BCUT2D eigenvalue weighted by molar-refractivity contribution is 9.10. The van der Waals surface area contributed by atoms with Gasteiger partial charge in [0.2, 0.25) is 0 Å². The summed E-state index contributed by atoms with van der Waals surface area (Å²) in [5.74, 6) is -0.196. The minimum Gasteiger partial charge on any atom is -0.481 e. The van der Waals surface area contributed by atoms with Gasteiger partial charge in [0.15, 0.2) is 0 Å². The second-order valence-corrected chi connectivity index (χ2v) is 7.28. The van der Waals surface area contributed by atoms with Crippen molar-refractivity contribution in [2.24, 2.45) is 11.3 Å². The fraction of sp³-hybridized carbons (Fsp3) is 0.600. The van der Waals surface area contributed by atoms with Crippen LogP contribution in [-0.4, -0.2) is 45.1 Å². The number of likely N-dealkylation sites (tertiary alicyclic amines) is 1. The zero-order valence-corrected chi connectivity index (χ0v) is 14.4. The van der Waals surface area contributed by atoms with E-state index in [9.17, 15) is 14.7 Å². The van der Waals surface area contributed by atoms with Crippen molar-refractivity contribution in [1.29, 1.82) is 0 Å². The van der Waals surface area contributed by atoms with Crippen molar-refractivity contribution >= 4 is 27.9 Å². The third kappa shape index (κ3) is 2.91. The first kappa shape index (κ1) is 16.2. The molecule has 1 aliphatic heterocycles. The number of fused-ring (bicyclic) bond motifs is 1. The van der Waals surface area contributed by atoms with Crippen molar-refractivity contribution in [1.82, 2.24) is 20.2 Å². The molecule has 1 saturated heterocycles. The van der Waals surface area contributed by atoms with Gasteiger partial charge in [0, 0.05) is 25.5 Å². The zero-order chi connectivity index (χ0) is 16.6. The Bertz CT molecular complexity index is 624. The van der Waals surface area contributed by atoms with Crippen molar-refractivity contribution < 1.29 is 14.7 Å². The van der Waals surface area contributed by atoms with Gasteiger partial charge in [-0.3, -0.25) is 4.79 Å². The number of carbonyl (C=O) groups excluding carboxylic acids is 1. The van der Waals surface area contributed by atoms with Crippen molar-refractivity contribution in [2.75, 3.05) is 13.1 Å². The molecule has 1 unspecified atom stereocenters. The first-order valence-corrected chi connectivity index (χ1v) is 8.48. The number of carboxylic acid groups (broad SMARTS) is 1. The summed E-state index contributed by atoms with van der Waals surface area (Å²) >= 11 is 3.27. The summed E-state index contributed by atoms with van der Waals surface area (Å²) in [6.45, 7) is 2.60. The van der Waals surface area contributed by atoms with E-state index in [0.29, 0.717) is 18.8 Å². The molecule has 23 heavy (non-hydrogen) atoms. The Morgan fingerprint density at radius 3 is 2.78 bits per heavy atom. The highest BCUT2D eigenvalue weighted by Crippen LogP contribution is 2.48. The molecule has 1 aromatic heterocycles. The molecule has 2 aliphatic rings. The number of hydrogen-bond acceptors (Lipinski definition) is 4. The number of rotatable bonds is 3. The van der Waals surface area contributed by atoms with Gasteiger partial charge in [-0.2, -0.15) is 0 Å². The van der Waals surface area contributed by atoms with Crippen LogP contribution in [0.1, 0.15) is 38.1 Å². The van der Waals surface area contributed by atoms with Crippen LogP contribution in [0.15, 0.2) is 16.9 Å². The number of carboxylic acids is 1. The maximum absolute atomic E-state index is 12.4. The number of amides is 2. The Morgan fingerprint density at radius 1 is 1.48 bits per heavy atom. The lowest BCUT2D eigenvalue weighted by Gasteiger charge is -2.24. The maximum atomic E-state index is 12.4. The second kappa shape index (κ2) is 6.07. The normalized spacial score (nSPS) is 27.6. The summed E-state index contributed by atoms with van der Waals surface area (Å²) in [5.41, 5.74) is -0.755. The van der Waals surface area contributed by atoms with Gasteiger partial charge < -0.3 is 15.3 Å². The lowest BCUT2D eigenvalue weighted by atomic mass is 9.81. The number of aliphatic carboxylic acids is 1. The lowest BCUT2D eigenvalue weighted by Crippen LogP contribution is -2.42. The predicted octanol–water partition coefficient (Wildman–Crippen LogP) is 2.20. The minimum absolute atomic E-state index is 0.0602. The Kier molecular flexibility index (Phi) is 4.27. The molecule has 0 bridgehead atoms. The Balaban J connectivity index is 1.65. The van der Waals surface area contributed by atoms with Crippen molar-refractivity contribution in [2.45, 2.75) is 32.2 Å². The summed E-state index contributed by atoms with van der Waals surface area (Å²) in [4.78, 5) is 34.1. The smallest absolute Gasteiger partial charge is 0.318 e. The molecule has 8 heteroatoms. The van der Waals surface area contributed by atoms with Gasteiger partial charge in [0.25, 0.3) is 0 Å². The van der Waals surface area contributed by atoms with Crippen LogP contribution >= 0.6 is 15.9 Å². The molecule has 0 aromatic carbocycles. The Labute approximate surface area is 142 Å². The molecular formula is C15H19BrN4O3. The molecule has 124 valence electrons. The first-order chi connectivity index (χ1) is 10.9. The van der Waals surface area contributed by atoms with Crippen LogP contribution in [0.5, 0.6) is 0 Å². The number of carbonyl (C=O) groups is 2. The van der Waals surface area contributed by atoms with Crippen molar-refractivity contribution in [3.05, 3.63) is 22.7 Å². The van der Waals surface area contributed by atoms with E-state index in [0.717, 1.165) is 17.3 Å². The number of halogens is 1. The Hall–Kier alpha value is -1.70. The monoisotopic (exact) mass is 382 g/mol. The Morgan fingerprint density at radius 2 is 2.17 bits per heavy atom. The number of hydrogen-bond donors (Lipinski definition) is 2. The summed E-state index contributed by atoms with van der Waals surface area (Å²) in [6.07, 6.45) is 5.72. The van der Waals surface area contributed by atoms with Crippen molar-refractivity contribution in [3.8, 4) is 0 Å². The van der Waals surface area contributed by atoms with Crippen LogP contribution in [-0.2, 0) is 4.79 Å². The van der Waals surface area contributed by atoms with Gasteiger partial charge in [-0.15, -0.1) is 0 Å². The molecule has 2 fully saturated rings. The first-order valence-electron chi connectivity index (χ1n) is 7.68. The van der Waals surface area contributed by atoms with Crippen LogP contribution in [0.3, 0.4) is 0 Å². The van der Waals surface area contributed by atoms with Crippen molar-refractivity contribution in [3.63, 3.8) is 0 Å². The van der Waals surface area contributed by atoms with E-state index in [1.54, 1.807) is 17.3 Å². The number of aromatic nitrogens is 2. The van der Waals surface area contributed by atoms with Gasteiger partial charge in [-0.05, 0) is 41.6 Å². The topological polar surface area (TPSA) is 95.4 Å². The fourth-order valence-electron chi connectivity index (χ4n) is 3.68. The van der Waals surface area contributed by atoms with E-state index >= 15 is 0 Å². The van der Waals surface area contributed by atoms with Crippen LogP contribution in [0.25, 0.3) is 0 Å². The van der Waals surface area contributed by atoms with E-state index in [1.165, 1.54) is 0 Å². The van der Waals surface area contributed by atoms with E-state index in [-0.39, 0.29) is 24.5 Å². The largest absolute Gasteiger partial charge is 0.481 e. The summed E-state index contributed by atoms with van der Waals surface area (Å²) in [7, 11) is 0. The third-order valence-electron chi connectivity index (χ3n) is 4.95. The summed E-state index contributed by atoms with van der Waals surface area (Å²) in [6, 6.07) is -0.587. The van der Waals surface area contributed by atoms with Gasteiger partial charge in [-0.25, -0.2) is 14.8 Å². The molecule has 1 saturated carbocycles. The lowest BCUT2D eigenvalue weighted by molar-refractivity contribution is -0.149. The predicted molar refractivity (Wildman–Crippen MR) is 85.7 cm³/mol. The van der Waals surface area contributed by atoms with Crippen LogP contribution in [0.4, 0.5) is 4.79 Å². The molecule has 1 aliphatic carbocycles. The molecule has 0 radical (unpaired) electrons. The molecule has 3 atom stereocenters. The quantitative estimate of drug-likeness (QED) is 0.835. The summed E-state index contributed by atoms with van der Waals surface area (Å²) < 4.78 is 0.774. The van der Waals surface area contributed by atoms with E-state index in [2.05, 4.69) is 31.2 Å². The molecular weight excluding hydrogens is 364 g/mol. The molecule has 2 amide bonds. The van der Waals surface area contributed by atoms with Crippen LogP contribution in [0, 0.1) is 11.3 Å². The summed E-state index contributed by atoms with van der Waals surface area (Å²) in [5, 5.41) is 12.4. The van der Waals surface area contributed by atoms with Gasteiger partial charge in [0.1, 0.15) is 5.82 Å². The maximum Gasteiger partial charge on any atom is 0.318 e. The highest BCUT2D eigenvalue weighted by Gasteiger charge is 2.55. The van der Waals surface area contributed by atoms with Gasteiger partial charge in [-0.1, -0.05) is 6.42 Å². The third-order valence-corrected chi connectivity index (χ3v) is 5.36. The zero-order valence-electron chi connectivity index (χ0n) is 12.8. The SMILES string of the molecule is CC(NC(=O)N1C[C@@H]2CCC[C@@]2(C(=O)O)C1)c1ncc(Br)cn1. The van der Waals surface area contributed by atoms with Crippen LogP contribution in [0.2, 0.25) is 0 Å². The van der Waals surface area contributed by atoms with E-state index in [1.807, 2.05) is 6.92 Å². The molecule has 2 heterocycles. The minimum atomic E-state index is -0.778. The molecule has 7 nitrogen and oxygen atoms in total. The number of nitrogens with one attached hydrogen (secondary N) is 1. The molecule has 3 rings (SSSR count). The molecule has 2 N–H and O–H groups in total. The number of urea groups is 1. The standard InChI is InChI=1S/C15H19BrN4O3/c1-9(12-17-5-11(16)6-18-12)19-14(23)20-7-10-3-2-4-15(10,8-20)13(21)22/h5-6,9-10H,2-4,7-8H2,1H3,(H,19,23)(H,21,22)/t9?,10-,15+/m0/s1. The van der Waals surface area contributed by atoms with Gasteiger partial charge >= 0.3 is 12.0 Å². The average Bonchev–Trinajstić information content (AvgIpc) is 3.05. The number of nitrogens with zero attached hydrogens (tertiary/aromatic N) is 3. The molecule has 0 spiro atoms.